The van der Waals surface area contributed by atoms with E-state index in [1.54, 1.807) is 14.2 Å². The Kier molecular flexibility index (Phi) is 4.46. The first kappa shape index (κ1) is 13.8. The van der Waals surface area contributed by atoms with Crippen molar-refractivity contribution in [3.8, 4) is 17.6 Å². The topological polar surface area (TPSA) is 54.3 Å². The standard InChI is InChI=1S/C16H16N2O2/c1-19-15-7-14(8-16(9-15)20-2)18-11-13-5-3-12(10-17)4-6-13/h3-9,18H,11H2,1-2H3. The lowest BCUT2D eigenvalue weighted by atomic mass is 10.1. The molecule has 0 saturated heterocycles. The number of hydrogen-bond donors (Lipinski definition) is 1. The van der Waals surface area contributed by atoms with Gasteiger partial charge in [-0.3, -0.25) is 0 Å². The average molecular weight is 268 g/mol. The zero-order chi connectivity index (χ0) is 14.4. The van der Waals surface area contributed by atoms with Gasteiger partial charge in [-0.1, -0.05) is 12.1 Å². The van der Waals surface area contributed by atoms with Crippen LogP contribution in [0.15, 0.2) is 42.5 Å². The van der Waals surface area contributed by atoms with Crippen molar-refractivity contribution in [3.05, 3.63) is 53.6 Å². The summed E-state index contributed by atoms with van der Waals surface area (Å²) >= 11 is 0. The molecule has 0 atom stereocenters. The van der Waals surface area contributed by atoms with Crippen LogP contribution in [0.3, 0.4) is 0 Å². The largest absolute Gasteiger partial charge is 0.497 e. The SMILES string of the molecule is COc1cc(NCc2ccc(C#N)cc2)cc(OC)c1. The highest BCUT2D eigenvalue weighted by molar-refractivity contribution is 5.54. The minimum Gasteiger partial charge on any atom is -0.497 e. The van der Waals surface area contributed by atoms with Gasteiger partial charge in [-0.05, 0) is 17.7 Å². The third kappa shape index (κ3) is 3.42. The van der Waals surface area contributed by atoms with E-state index in [1.807, 2.05) is 42.5 Å². The second kappa shape index (κ2) is 6.48. The van der Waals surface area contributed by atoms with Crippen molar-refractivity contribution < 1.29 is 9.47 Å². The number of nitrogens with zero attached hydrogens (tertiary/aromatic N) is 1. The van der Waals surface area contributed by atoms with E-state index < -0.39 is 0 Å². The molecule has 2 rings (SSSR count). The number of nitrogens with one attached hydrogen (secondary N) is 1. The Hall–Kier alpha value is -2.67. The molecule has 0 unspecified atom stereocenters. The molecular formula is C16H16N2O2. The molecule has 0 aromatic heterocycles. The van der Waals surface area contributed by atoms with Crippen LogP contribution >= 0.6 is 0 Å². The summed E-state index contributed by atoms with van der Waals surface area (Å²) in [6, 6.07) is 15.2. The lowest BCUT2D eigenvalue weighted by molar-refractivity contribution is 0.394. The Balaban J connectivity index is 2.07. The highest BCUT2D eigenvalue weighted by Crippen LogP contribution is 2.26. The molecule has 0 aliphatic heterocycles. The molecule has 2 aromatic rings. The van der Waals surface area contributed by atoms with Crippen molar-refractivity contribution in [2.24, 2.45) is 0 Å². The maximum Gasteiger partial charge on any atom is 0.124 e. The average Bonchev–Trinajstić information content (AvgIpc) is 2.53. The van der Waals surface area contributed by atoms with Gasteiger partial charge in [0.05, 0.1) is 25.9 Å². The van der Waals surface area contributed by atoms with Gasteiger partial charge in [0, 0.05) is 30.4 Å². The Morgan fingerprint density at radius 1 is 1.00 bits per heavy atom. The molecule has 0 spiro atoms. The molecule has 0 aliphatic rings. The molecule has 0 saturated carbocycles. The quantitative estimate of drug-likeness (QED) is 0.904. The number of ether oxygens (including phenoxy) is 2. The van der Waals surface area contributed by atoms with Crippen LogP contribution in [0.1, 0.15) is 11.1 Å². The maximum absolute atomic E-state index is 8.76. The van der Waals surface area contributed by atoms with Crippen molar-refractivity contribution in [2.75, 3.05) is 19.5 Å². The Bertz CT molecular complexity index is 593. The summed E-state index contributed by atoms with van der Waals surface area (Å²) in [6.07, 6.45) is 0. The van der Waals surface area contributed by atoms with Crippen LogP contribution < -0.4 is 14.8 Å². The van der Waals surface area contributed by atoms with Crippen LogP contribution in [0.2, 0.25) is 0 Å². The molecule has 0 aliphatic carbocycles. The van der Waals surface area contributed by atoms with Crippen molar-refractivity contribution in [2.45, 2.75) is 6.54 Å². The minimum absolute atomic E-state index is 0.664. The summed E-state index contributed by atoms with van der Waals surface area (Å²) in [4.78, 5) is 0. The van der Waals surface area contributed by atoms with E-state index in [0.717, 1.165) is 22.7 Å². The lowest BCUT2D eigenvalue weighted by Crippen LogP contribution is -2.00. The van der Waals surface area contributed by atoms with E-state index in [-0.39, 0.29) is 0 Å². The molecule has 2 aromatic carbocycles. The van der Waals surface area contributed by atoms with Crippen LogP contribution in [0.5, 0.6) is 11.5 Å². The van der Waals surface area contributed by atoms with Gasteiger partial charge in [-0.15, -0.1) is 0 Å². The first-order chi connectivity index (χ1) is 9.75. The number of nitriles is 1. The first-order valence-electron chi connectivity index (χ1n) is 6.21. The monoisotopic (exact) mass is 268 g/mol. The van der Waals surface area contributed by atoms with E-state index in [2.05, 4.69) is 11.4 Å². The van der Waals surface area contributed by atoms with Gasteiger partial charge in [-0.2, -0.15) is 5.26 Å². The highest BCUT2D eigenvalue weighted by atomic mass is 16.5. The second-order valence-electron chi connectivity index (χ2n) is 4.26. The van der Waals surface area contributed by atoms with Gasteiger partial charge in [0.15, 0.2) is 0 Å². The molecule has 0 amide bonds. The molecule has 102 valence electrons. The maximum atomic E-state index is 8.76. The van der Waals surface area contributed by atoms with E-state index in [0.29, 0.717) is 12.1 Å². The molecule has 20 heavy (non-hydrogen) atoms. The van der Waals surface area contributed by atoms with Crippen LogP contribution in [-0.4, -0.2) is 14.2 Å². The predicted octanol–water partition coefficient (Wildman–Crippen LogP) is 3.19. The number of methoxy groups -OCH3 is 2. The van der Waals surface area contributed by atoms with E-state index in [4.69, 9.17) is 14.7 Å². The third-order valence-electron chi connectivity index (χ3n) is 2.93. The molecular weight excluding hydrogens is 252 g/mol. The third-order valence-corrected chi connectivity index (χ3v) is 2.93. The summed E-state index contributed by atoms with van der Waals surface area (Å²) in [5.74, 6) is 1.48. The van der Waals surface area contributed by atoms with Crippen LogP contribution in [0, 0.1) is 11.3 Å². The molecule has 1 N–H and O–H groups in total. The van der Waals surface area contributed by atoms with Gasteiger partial charge < -0.3 is 14.8 Å². The summed E-state index contributed by atoms with van der Waals surface area (Å²) in [5.41, 5.74) is 2.69. The Morgan fingerprint density at radius 2 is 1.60 bits per heavy atom. The molecule has 0 radical (unpaired) electrons. The first-order valence-corrected chi connectivity index (χ1v) is 6.21. The molecule has 4 heteroatoms. The molecule has 0 bridgehead atoms. The van der Waals surface area contributed by atoms with Crippen molar-refractivity contribution in [1.82, 2.24) is 0 Å². The second-order valence-corrected chi connectivity index (χ2v) is 4.26. The summed E-state index contributed by atoms with van der Waals surface area (Å²) in [5, 5.41) is 12.1. The number of hydrogen-bond acceptors (Lipinski definition) is 4. The zero-order valence-corrected chi connectivity index (χ0v) is 11.5. The van der Waals surface area contributed by atoms with Crippen LogP contribution in [0.4, 0.5) is 5.69 Å². The summed E-state index contributed by atoms with van der Waals surface area (Å²) in [7, 11) is 3.25. The van der Waals surface area contributed by atoms with E-state index in [9.17, 15) is 0 Å². The Labute approximate surface area is 118 Å². The highest BCUT2D eigenvalue weighted by Gasteiger charge is 2.02. The van der Waals surface area contributed by atoms with Crippen molar-refractivity contribution >= 4 is 5.69 Å². The van der Waals surface area contributed by atoms with Crippen molar-refractivity contribution in [1.29, 1.82) is 5.26 Å². The normalized spacial score (nSPS) is 9.65. The molecule has 4 nitrogen and oxygen atoms in total. The summed E-state index contributed by atoms with van der Waals surface area (Å²) in [6.45, 7) is 0.669. The van der Waals surface area contributed by atoms with Gasteiger partial charge in [0.1, 0.15) is 11.5 Å². The Morgan fingerprint density at radius 3 is 2.10 bits per heavy atom. The summed E-state index contributed by atoms with van der Waals surface area (Å²) < 4.78 is 10.4. The smallest absolute Gasteiger partial charge is 0.124 e. The van der Waals surface area contributed by atoms with Crippen molar-refractivity contribution in [3.63, 3.8) is 0 Å². The zero-order valence-electron chi connectivity index (χ0n) is 11.5. The van der Waals surface area contributed by atoms with E-state index in [1.165, 1.54) is 0 Å². The number of rotatable bonds is 5. The minimum atomic E-state index is 0.664. The lowest BCUT2D eigenvalue weighted by Gasteiger charge is -2.10. The fraction of sp³-hybridized carbons (Fsp3) is 0.188. The van der Waals surface area contributed by atoms with Crippen LogP contribution in [0.25, 0.3) is 0 Å². The van der Waals surface area contributed by atoms with Gasteiger partial charge in [-0.25, -0.2) is 0 Å². The van der Waals surface area contributed by atoms with Gasteiger partial charge >= 0.3 is 0 Å². The molecule has 0 fully saturated rings. The van der Waals surface area contributed by atoms with Gasteiger partial charge in [0.2, 0.25) is 0 Å². The molecule has 0 heterocycles. The number of benzene rings is 2. The van der Waals surface area contributed by atoms with Gasteiger partial charge in [0.25, 0.3) is 0 Å². The number of anilines is 1. The van der Waals surface area contributed by atoms with Crippen LogP contribution in [-0.2, 0) is 6.54 Å². The fourth-order valence-corrected chi connectivity index (χ4v) is 1.81. The van der Waals surface area contributed by atoms with E-state index >= 15 is 0 Å². The fourth-order valence-electron chi connectivity index (χ4n) is 1.81. The predicted molar refractivity (Wildman–Crippen MR) is 78.0 cm³/mol.